The number of carbonyl (C=O) groups excluding carboxylic acids is 3. The number of ether oxygens (including phenoxy) is 1. The van der Waals surface area contributed by atoms with Gasteiger partial charge in [0.2, 0.25) is 0 Å². The fraction of sp³-hybridized carbons (Fsp3) is 0.100. The Labute approximate surface area is 232 Å². The molecule has 4 aromatic carbocycles. The largest absolute Gasteiger partial charge is 0.462 e. The minimum absolute atomic E-state index is 0.165. The molecule has 1 unspecified atom stereocenters. The first-order valence-electron chi connectivity index (χ1n) is 12.2. The average Bonchev–Trinajstić information content (AvgIpc) is 3.03. The Morgan fingerprint density at radius 1 is 0.897 bits per heavy atom. The van der Waals surface area contributed by atoms with Crippen molar-refractivity contribution in [3.8, 4) is 0 Å². The van der Waals surface area contributed by atoms with Crippen molar-refractivity contribution in [2.45, 2.75) is 23.3 Å². The second kappa shape index (κ2) is 11.2. The highest BCUT2D eigenvalue weighted by Crippen LogP contribution is 2.36. The van der Waals surface area contributed by atoms with Gasteiger partial charge < -0.3 is 15.0 Å². The van der Waals surface area contributed by atoms with Gasteiger partial charge in [-0.25, -0.2) is 9.00 Å². The molecule has 5 rings (SSSR count). The third-order valence-electron chi connectivity index (χ3n) is 6.16. The van der Waals surface area contributed by atoms with Crippen LogP contribution in [0.25, 0.3) is 0 Å². The highest BCUT2D eigenvalue weighted by molar-refractivity contribution is 7.85. The highest BCUT2D eigenvalue weighted by atomic mass is 35.5. The molecule has 0 spiro atoms. The van der Waals surface area contributed by atoms with Crippen LogP contribution in [0.4, 0.5) is 11.4 Å². The van der Waals surface area contributed by atoms with Gasteiger partial charge in [0, 0.05) is 16.3 Å². The number of benzene rings is 4. The van der Waals surface area contributed by atoms with Crippen LogP contribution in [0.15, 0.2) is 101 Å². The van der Waals surface area contributed by atoms with Gasteiger partial charge >= 0.3 is 5.97 Å². The monoisotopic (exact) mass is 558 g/mol. The van der Waals surface area contributed by atoms with Gasteiger partial charge in [-0.2, -0.15) is 0 Å². The second-order valence-electron chi connectivity index (χ2n) is 8.72. The number of halogens is 1. The molecule has 0 radical (unpaired) electrons. The van der Waals surface area contributed by atoms with E-state index in [2.05, 4.69) is 5.32 Å². The molecule has 0 aromatic heterocycles. The summed E-state index contributed by atoms with van der Waals surface area (Å²) in [5.74, 6) is -1.20. The van der Waals surface area contributed by atoms with Crippen LogP contribution in [-0.4, -0.2) is 28.6 Å². The quantitative estimate of drug-likeness (QED) is 0.289. The number of amides is 2. The van der Waals surface area contributed by atoms with Crippen LogP contribution in [0.5, 0.6) is 0 Å². The zero-order chi connectivity index (χ0) is 27.5. The normalized spacial score (nSPS) is 14.2. The minimum atomic E-state index is -1.64. The maximum absolute atomic E-state index is 13.8. The van der Waals surface area contributed by atoms with Crippen LogP contribution in [0.1, 0.15) is 43.6 Å². The van der Waals surface area contributed by atoms with E-state index in [9.17, 15) is 18.6 Å². The maximum Gasteiger partial charge on any atom is 0.338 e. The Hall–Kier alpha value is -4.27. The average molecular weight is 559 g/mol. The van der Waals surface area contributed by atoms with Crippen LogP contribution in [0.3, 0.4) is 0 Å². The number of nitrogens with one attached hydrogen (secondary N) is 1. The molecule has 0 bridgehead atoms. The number of esters is 1. The van der Waals surface area contributed by atoms with Crippen LogP contribution in [0.2, 0.25) is 5.02 Å². The van der Waals surface area contributed by atoms with Crippen molar-refractivity contribution in [2.24, 2.45) is 0 Å². The smallest absolute Gasteiger partial charge is 0.338 e. The molecule has 0 aliphatic carbocycles. The summed E-state index contributed by atoms with van der Waals surface area (Å²) in [5, 5.41) is 3.33. The number of carbonyl (C=O) groups is 3. The van der Waals surface area contributed by atoms with E-state index in [1.807, 2.05) is 6.07 Å². The van der Waals surface area contributed by atoms with Crippen molar-refractivity contribution in [1.29, 1.82) is 0 Å². The van der Waals surface area contributed by atoms with E-state index in [0.717, 1.165) is 5.56 Å². The number of rotatable bonds is 6. The summed E-state index contributed by atoms with van der Waals surface area (Å²) in [5.41, 5.74) is 2.61. The lowest BCUT2D eigenvalue weighted by atomic mass is 10.1. The molecule has 2 amide bonds. The van der Waals surface area contributed by atoms with Crippen molar-refractivity contribution in [3.63, 3.8) is 0 Å². The lowest BCUT2D eigenvalue weighted by molar-refractivity contribution is 0.0526. The number of anilines is 2. The molecule has 39 heavy (non-hydrogen) atoms. The first-order chi connectivity index (χ1) is 18.9. The van der Waals surface area contributed by atoms with Crippen molar-refractivity contribution in [2.75, 3.05) is 16.8 Å². The van der Waals surface area contributed by atoms with E-state index in [1.165, 1.54) is 4.90 Å². The number of fused-ring (bicyclic) bond motifs is 2. The number of hydrogen-bond acceptors (Lipinski definition) is 5. The predicted molar refractivity (Wildman–Crippen MR) is 150 cm³/mol. The van der Waals surface area contributed by atoms with E-state index in [1.54, 1.807) is 91.9 Å². The molecule has 0 saturated heterocycles. The second-order valence-corrected chi connectivity index (χ2v) is 10.6. The van der Waals surface area contributed by atoms with E-state index < -0.39 is 22.7 Å². The molecular weight excluding hydrogens is 536 g/mol. The van der Waals surface area contributed by atoms with Gasteiger partial charge in [0.15, 0.2) is 0 Å². The molecule has 1 heterocycles. The maximum atomic E-state index is 13.8. The van der Waals surface area contributed by atoms with Crippen LogP contribution < -0.4 is 10.2 Å². The SMILES string of the molecule is CCOC(=O)c1ccc(NC(=O)c2ccc3c(c2)N(Cc2cccc(Cl)c2)C(=O)c2ccccc2S3=O)cc1. The van der Waals surface area contributed by atoms with E-state index in [0.29, 0.717) is 37.3 Å². The molecule has 1 N–H and O–H groups in total. The van der Waals surface area contributed by atoms with Crippen molar-refractivity contribution in [1.82, 2.24) is 0 Å². The van der Waals surface area contributed by atoms with Gasteiger partial charge in [-0.05, 0) is 79.2 Å². The zero-order valence-electron chi connectivity index (χ0n) is 20.8. The topological polar surface area (TPSA) is 92.8 Å². The summed E-state index contributed by atoms with van der Waals surface area (Å²) < 4.78 is 18.6. The Morgan fingerprint density at radius 3 is 2.38 bits per heavy atom. The van der Waals surface area contributed by atoms with Crippen LogP contribution in [-0.2, 0) is 22.1 Å². The van der Waals surface area contributed by atoms with Gasteiger partial charge in [-0.1, -0.05) is 35.9 Å². The summed E-state index contributed by atoms with van der Waals surface area (Å²) >= 11 is 6.19. The third kappa shape index (κ3) is 5.48. The summed E-state index contributed by atoms with van der Waals surface area (Å²) in [4.78, 5) is 41.2. The lowest BCUT2D eigenvalue weighted by Crippen LogP contribution is -2.30. The molecule has 0 fully saturated rings. The molecule has 196 valence electrons. The summed E-state index contributed by atoms with van der Waals surface area (Å²) in [6, 6.07) is 25.1. The van der Waals surface area contributed by atoms with Crippen molar-refractivity contribution < 1.29 is 23.3 Å². The molecule has 1 atom stereocenters. The molecule has 9 heteroatoms. The summed E-state index contributed by atoms with van der Waals surface area (Å²) in [7, 11) is -1.64. The van der Waals surface area contributed by atoms with E-state index >= 15 is 0 Å². The Bertz CT molecular complexity index is 1620. The first kappa shape index (κ1) is 26.3. The standard InChI is InChI=1S/C30H23ClN2O5S/c1-2-38-30(36)20-10-13-23(14-11-20)32-28(34)21-12-15-27-25(17-21)33(18-19-6-5-7-22(31)16-19)29(35)24-8-3-4-9-26(24)39(27)37/h3-17H,2,18H2,1H3,(H,32,34). The Kier molecular flexibility index (Phi) is 7.58. The van der Waals surface area contributed by atoms with Crippen molar-refractivity contribution >= 4 is 51.6 Å². The van der Waals surface area contributed by atoms with E-state index in [-0.39, 0.29) is 24.6 Å². The fourth-order valence-corrected chi connectivity index (χ4v) is 5.84. The fourth-order valence-electron chi connectivity index (χ4n) is 4.29. The van der Waals surface area contributed by atoms with Gasteiger partial charge in [-0.15, -0.1) is 0 Å². The van der Waals surface area contributed by atoms with Gasteiger partial charge in [0.1, 0.15) is 0 Å². The highest BCUT2D eigenvalue weighted by Gasteiger charge is 2.31. The Morgan fingerprint density at radius 2 is 1.64 bits per heavy atom. The molecular formula is C30H23ClN2O5S. The zero-order valence-corrected chi connectivity index (χ0v) is 22.4. The Balaban J connectivity index is 1.50. The summed E-state index contributed by atoms with van der Waals surface area (Å²) in [6.07, 6.45) is 0. The summed E-state index contributed by atoms with van der Waals surface area (Å²) in [6.45, 7) is 2.16. The van der Waals surface area contributed by atoms with Gasteiger partial charge in [-0.3, -0.25) is 9.59 Å². The minimum Gasteiger partial charge on any atom is -0.462 e. The molecule has 4 aromatic rings. The predicted octanol–water partition coefficient (Wildman–Crippen LogP) is 6.10. The van der Waals surface area contributed by atoms with Crippen molar-refractivity contribution in [3.05, 3.63) is 118 Å². The van der Waals surface area contributed by atoms with Crippen LogP contribution in [0, 0.1) is 0 Å². The number of hydrogen-bond donors (Lipinski definition) is 1. The molecule has 0 saturated carbocycles. The number of nitrogens with zero attached hydrogens (tertiary/aromatic N) is 1. The molecule has 7 nitrogen and oxygen atoms in total. The van der Waals surface area contributed by atoms with E-state index in [4.69, 9.17) is 16.3 Å². The van der Waals surface area contributed by atoms with Crippen LogP contribution >= 0.6 is 11.6 Å². The first-order valence-corrected chi connectivity index (χ1v) is 13.7. The third-order valence-corrected chi connectivity index (χ3v) is 7.89. The molecule has 1 aliphatic rings. The lowest BCUT2D eigenvalue weighted by Gasteiger charge is -2.24. The van der Waals surface area contributed by atoms with Gasteiger partial charge in [0.05, 0.1) is 50.6 Å². The van der Waals surface area contributed by atoms with Gasteiger partial charge in [0.25, 0.3) is 11.8 Å². The molecule has 1 aliphatic heterocycles.